The summed E-state index contributed by atoms with van der Waals surface area (Å²) in [6, 6.07) is 0. The molecule has 2 rings (SSSR count). The number of rotatable bonds is 2. The fourth-order valence-electron chi connectivity index (χ4n) is 4.47. The molecule has 21 heavy (non-hydrogen) atoms. The number of nitrogens with zero attached hydrogens (tertiary/aromatic N) is 2. The Morgan fingerprint density at radius 1 is 1.05 bits per heavy atom. The molecule has 6 nitrogen and oxygen atoms in total. The first kappa shape index (κ1) is 15.9. The van der Waals surface area contributed by atoms with Crippen molar-refractivity contribution in [2.75, 3.05) is 21.1 Å². The van der Waals surface area contributed by atoms with Crippen LogP contribution in [0, 0.1) is 16.2 Å². The van der Waals surface area contributed by atoms with Gasteiger partial charge in [0.25, 0.3) is 0 Å². The van der Waals surface area contributed by atoms with Gasteiger partial charge in [0.1, 0.15) is 0 Å². The van der Waals surface area contributed by atoms with Gasteiger partial charge in [-0.05, 0) is 19.3 Å². The first-order chi connectivity index (χ1) is 9.43. The number of piperidine rings is 1. The number of carbonyl (C=O) groups excluding carboxylic acids is 3. The van der Waals surface area contributed by atoms with Crippen molar-refractivity contribution >= 4 is 17.7 Å². The summed E-state index contributed by atoms with van der Waals surface area (Å²) in [5.41, 5.74) is 0.735. The predicted molar refractivity (Wildman–Crippen MR) is 77.8 cm³/mol. The van der Waals surface area contributed by atoms with E-state index in [1.54, 1.807) is 26.2 Å². The van der Waals surface area contributed by atoms with Crippen molar-refractivity contribution < 1.29 is 14.4 Å². The van der Waals surface area contributed by atoms with Crippen LogP contribution in [0.25, 0.3) is 0 Å². The monoisotopic (exact) mass is 295 g/mol. The van der Waals surface area contributed by atoms with Gasteiger partial charge in [0.2, 0.25) is 17.7 Å². The topological polar surface area (TPSA) is 69.7 Å². The first-order valence-corrected chi connectivity index (χ1v) is 7.25. The van der Waals surface area contributed by atoms with E-state index >= 15 is 0 Å². The van der Waals surface area contributed by atoms with E-state index in [9.17, 15) is 14.4 Å². The maximum atomic E-state index is 12.6. The van der Waals surface area contributed by atoms with Crippen LogP contribution >= 0.6 is 0 Å². The molecule has 1 N–H and O–H groups in total. The number of hydrogen-bond acceptors (Lipinski definition) is 4. The molecule has 0 radical (unpaired) electrons. The van der Waals surface area contributed by atoms with Gasteiger partial charge in [0.05, 0.1) is 0 Å². The molecule has 1 aliphatic heterocycles. The van der Waals surface area contributed by atoms with Crippen molar-refractivity contribution in [2.24, 2.45) is 16.2 Å². The summed E-state index contributed by atoms with van der Waals surface area (Å²) in [6.45, 7) is 5.60. The van der Waals surface area contributed by atoms with Crippen LogP contribution in [-0.2, 0) is 14.4 Å². The van der Waals surface area contributed by atoms with E-state index in [0.29, 0.717) is 19.3 Å². The zero-order chi connectivity index (χ0) is 16.2. The molecule has 2 bridgehead atoms. The summed E-state index contributed by atoms with van der Waals surface area (Å²) in [4.78, 5) is 38.8. The van der Waals surface area contributed by atoms with Crippen LogP contribution in [-0.4, -0.2) is 48.8 Å². The van der Waals surface area contributed by atoms with Crippen molar-refractivity contribution in [2.45, 2.75) is 40.0 Å². The minimum atomic E-state index is -0.724. The normalized spacial score (nSPS) is 39.7. The van der Waals surface area contributed by atoms with E-state index in [0.717, 1.165) is 0 Å². The molecule has 1 heterocycles. The zero-order valence-electron chi connectivity index (χ0n) is 13.7. The van der Waals surface area contributed by atoms with Gasteiger partial charge in [-0.2, -0.15) is 0 Å². The van der Waals surface area contributed by atoms with E-state index in [1.165, 1.54) is 4.90 Å². The Labute approximate surface area is 125 Å². The molecule has 6 heteroatoms. The van der Waals surface area contributed by atoms with Gasteiger partial charge in [0.15, 0.2) is 0 Å². The molecular formula is C15H25N3O3. The lowest BCUT2D eigenvalue weighted by Crippen LogP contribution is -2.64. The molecule has 1 saturated heterocycles. The Hall–Kier alpha value is -1.43. The number of carbonyl (C=O) groups is 3. The van der Waals surface area contributed by atoms with Gasteiger partial charge < -0.3 is 0 Å². The van der Waals surface area contributed by atoms with E-state index < -0.39 is 16.2 Å². The number of hydrazine groups is 1. The van der Waals surface area contributed by atoms with Crippen molar-refractivity contribution in [3.05, 3.63) is 0 Å². The molecule has 3 amide bonds. The summed E-state index contributed by atoms with van der Waals surface area (Å²) in [6.07, 6.45) is 1.45. The zero-order valence-corrected chi connectivity index (χ0v) is 13.7. The van der Waals surface area contributed by atoms with Crippen LogP contribution in [0.3, 0.4) is 0 Å². The second kappa shape index (κ2) is 4.53. The number of amides is 3. The smallest absolute Gasteiger partial charge is 0.240 e. The van der Waals surface area contributed by atoms with Crippen LogP contribution in [0.15, 0.2) is 0 Å². The number of fused-ring (bicyclic) bond motifs is 2. The van der Waals surface area contributed by atoms with E-state index in [1.807, 2.05) is 20.8 Å². The Bertz CT molecular complexity index is 486. The summed E-state index contributed by atoms with van der Waals surface area (Å²) >= 11 is 0. The van der Waals surface area contributed by atoms with Crippen molar-refractivity contribution in [1.29, 1.82) is 0 Å². The highest BCUT2D eigenvalue weighted by molar-refractivity contribution is 6.04. The van der Waals surface area contributed by atoms with Crippen LogP contribution in [0.4, 0.5) is 0 Å². The molecule has 0 aromatic carbocycles. The van der Waals surface area contributed by atoms with Crippen LogP contribution in [0.2, 0.25) is 0 Å². The fraction of sp³-hybridized carbons (Fsp3) is 0.800. The highest BCUT2D eigenvalue weighted by Crippen LogP contribution is 2.58. The van der Waals surface area contributed by atoms with E-state index in [2.05, 4.69) is 5.43 Å². The highest BCUT2D eigenvalue weighted by Gasteiger charge is 2.62. The number of nitrogens with one attached hydrogen (secondary N) is 1. The molecule has 0 aromatic rings. The van der Waals surface area contributed by atoms with Gasteiger partial charge in [-0.15, -0.1) is 0 Å². The summed E-state index contributed by atoms with van der Waals surface area (Å²) in [5, 5.41) is 1.60. The van der Waals surface area contributed by atoms with Gasteiger partial charge in [-0.25, -0.2) is 5.01 Å². The molecule has 2 fully saturated rings. The third kappa shape index (κ3) is 2.35. The van der Waals surface area contributed by atoms with Gasteiger partial charge in [-0.3, -0.25) is 24.7 Å². The molecular weight excluding hydrogens is 270 g/mol. The lowest BCUT2D eigenvalue weighted by atomic mass is 9.51. The number of imide groups is 1. The van der Waals surface area contributed by atoms with E-state index in [-0.39, 0.29) is 17.7 Å². The molecule has 2 unspecified atom stereocenters. The average Bonchev–Trinajstić information content (AvgIpc) is 2.32. The summed E-state index contributed by atoms with van der Waals surface area (Å²) < 4.78 is 0. The SMILES string of the molecule is CN(C)NC(=O)C1(C)CC2(C)CC(C)(C1)C(=O)N(C)C2=O. The summed E-state index contributed by atoms with van der Waals surface area (Å²) in [5.74, 6) is -0.475. The number of hydrogen-bond donors (Lipinski definition) is 1. The van der Waals surface area contributed by atoms with Gasteiger partial charge in [-0.1, -0.05) is 20.8 Å². The van der Waals surface area contributed by atoms with E-state index in [4.69, 9.17) is 0 Å². The van der Waals surface area contributed by atoms with Crippen LogP contribution in [0.5, 0.6) is 0 Å². The Balaban J connectivity index is 2.41. The fourth-order valence-corrected chi connectivity index (χ4v) is 4.47. The molecule has 2 aliphatic rings. The predicted octanol–water partition coefficient (Wildman–Crippen LogP) is 0.781. The second-order valence-electron chi connectivity index (χ2n) is 7.72. The molecule has 1 aliphatic carbocycles. The average molecular weight is 295 g/mol. The summed E-state index contributed by atoms with van der Waals surface area (Å²) in [7, 11) is 5.04. The number of likely N-dealkylation sites (tertiary alicyclic amines) is 1. The minimum Gasteiger partial charge on any atom is -0.289 e. The van der Waals surface area contributed by atoms with Crippen LogP contribution < -0.4 is 5.43 Å². The third-order valence-electron chi connectivity index (χ3n) is 4.86. The maximum Gasteiger partial charge on any atom is 0.240 e. The van der Waals surface area contributed by atoms with Gasteiger partial charge in [0, 0.05) is 37.4 Å². The first-order valence-electron chi connectivity index (χ1n) is 7.25. The molecule has 118 valence electrons. The molecule has 0 aromatic heterocycles. The third-order valence-corrected chi connectivity index (χ3v) is 4.86. The lowest BCUT2D eigenvalue weighted by Gasteiger charge is -2.55. The maximum absolute atomic E-state index is 12.6. The van der Waals surface area contributed by atoms with Crippen molar-refractivity contribution in [1.82, 2.24) is 15.3 Å². The van der Waals surface area contributed by atoms with Gasteiger partial charge >= 0.3 is 0 Å². The second-order valence-corrected chi connectivity index (χ2v) is 7.72. The van der Waals surface area contributed by atoms with Crippen LogP contribution in [0.1, 0.15) is 40.0 Å². The molecule has 1 saturated carbocycles. The quantitative estimate of drug-likeness (QED) is 0.604. The van der Waals surface area contributed by atoms with Crippen molar-refractivity contribution in [3.63, 3.8) is 0 Å². The highest BCUT2D eigenvalue weighted by atomic mass is 16.2. The minimum absolute atomic E-state index is 0.130. The lowest BCUT2D eigenvalue weighted by molar-refractivity contribution is -0.178. The standard InChI is InChI=1S/C15H25N3O3/c1-13(10(19)16-17(4)5)7-14(2)9-15(3,8-13)12(21)18(6)11(14)20/h7-9H2,1-6H3,(H,16,19). The Morgan fingerprint density at radius 3 is 1.86 bits per heavy atom. The van der Waals surface area contributed by atoms with Crippen molar-refractivity contribution in [3.8, 4) is 0 Å². The largest absolute Gasteiger partial charge is 0.289 e. The molecule has 0 spiro atoms. The Kier molecular flexibility index (Phi) is 3.44. The molecule has 2 atom stereocenters. The Morgan fingerprint density at radius 2 is 1.48 bits per heavy atom.